The largest absolute Gasteiger partial charge is 0.336 e. The molecule has 1 heterocycles. The molecule has 1 amide bonds. The molecule has 2 rings (SSSR count). The number of hydrogen-bond donors (Lipinski definition) is 1. The van der Waals surface area contributed by atoms with E-state index in [1.165, 1.54) is 4.90 Å². The Morgan fingerprint density at radius 3 is 2.61 bits per heavy atom. The first-order valence-corrected chi connectivity index (χ1v) is 6.45. The van der Waals surface area contributed by atoms with Gasteiger partial charge in [-0.15, -0.1) is 0 Å². The van der Waals surface area contributed by atoms with E-state index in [-0.39, 0.29) is 10.5 Å². The van der Waals surface area contributed by atoms with Gasteiger partial charge in [0.2, 0.25) is 0 Å². The fourth-order valence-corrected chi connectivity index (χ4v) is 2.42. The summed E-state index contributed by atoms with van der Waals surface area (Å²) in [6, 6.07) is 2.33. The van der Waals surface area contributed by atoms with Crippen molar-refractivity contribution in [2.24, 2.45) is 0 Å². The van der Waals surface area contributed by atoms with Crippen LogP contribution in [0.2, 0.25) is 0 Å². The van der Waals surface area contributed by atoms with Gasteiger partial charge in [0.25, 0.3) is 5.91 Å². The zero-order chi connectivity index (χ0) is 13.3. The summed E-state index contributed by atoms with van der Waals surface area (Å²) in [7, 11) is 0. The lowest BCUT2D eigenvalue weighted by molar-refractivity contribution is 0.0699. The predicted molar refractivity (Wildman–Crippen MR) is 67.4 cm³/mol. The third kappa shape index (κ3) is 2.70. The molecule has 0 aromatic heterocycles. The Hall–Kier alpha value is -1.01. The fraction of sp³-hybridized carbons (Fsp3) is 0.417. The Morgan fingerprint density at radius 1 is 1.44 bits per heavy atom. The average molecular weight is 319 g/mol. The zero-order valence-electron chi connectivity index (χ0n) is 9.84. The number of nitrogens with one attached hydrogen (secondary N) is 1. The van der Waals surface area contributed by atoms with Crippen LogP contribution in [0.3, 0.4) is 0 Å². The molecule has 1 aromatic carbocycles. The summed E-state index contributed by atoms with van der Waals surface area (Å²) in [5, 5.41) is 3.17. The van der Waals surface area contributed by atoms with E-state index in [1.807, 2.05) is 6.92 Å². The van der Waals surface area contributed by atoms with Crippen LogP contribution in [0.4, 0.5) is 8.78 Å². The van der Waals surface area contributed by atoms with Crippen molar-refractivity contribution in [3.8, 4) is 0 Å². The molecule has 18 heavy (non-hydrogen) atoms. The molecule has 1 aromatic rings. The summed E-state index contributed by atoms with van der Waals surface area (Å²) >= 11 is 2.99. The Balaban J connectivity index is 2.28. The molecule has 98 valence electrons. The van der Waals surface area contributed by atoms with E-state index in [0.717, 1.165) is 12.1 Å². The molecule has 1 aliphatic rings. The number of piperazine rings is 1. The first-order valence-electron chi connectivity index (χ1n) is 5.66. The minimum Gasteiger partial charge on any atom is -0.336 e. The second kappa shape index (κ2) is 5.32. The standard InChI is InChI=1S/C12H13BrF2N2O/c1-7-6-17(3-2-16-7)12(18)11-9(14)4-8(13)5-10(11)15/h4-5,7,16H,2-3,6H2,1H3. The fourth-order valence-electron chi connectivity index (χ4n) is 2.02. The Morgan fingerprint density at radius 2 is 2.06 bits per heavy atom. The quantitative estimate of drug-likeness (QED) is 0.860. The second-order valence-corrected chi connectivity index (χ2v) is 5.27. The van der Waals surface area contributed by atoms with Crippen LogP contribution in [0.15, 0.2) is 16.6 Å². The number of hydrogen-bond acceptors (Lipinski definition) is 2. The third-order valence-corrected chi connectivity index (χ3v) is 3.33. The van der Waals surface area contributed by atoms with Crippen LogP contribution < -0.4 is 5.32 Å². The molecule has 0 aliphatic carbocycles. The third-order valence-electron chi connectivity index (χ3n) is 2.88. The number of carbonyl (C=O) groups is 1. The van der Waals surface area contributed by atoms with Crippen LogP contribution in [0, 0.1) is 11.6 Å². The van der Waals surface area contributed by atoms with E-state index in [4.69, 9.17) is 0 Å². The number of amides is 1. The minimum absolute atomic E-state index is 0.129. The highest BCUT2D eigenvalue weighted by Crippen LogP contribution is 2.21. The van der Waals surface area contributed by atoms with Gasteiger partial charge in [-0.1, -0.05) is 15.9 Å². The summed E-state index contributed by atoms with van der Waals surface area (Å²) in [6.07, 6.45) is 0. The second-order valence-electron chi connectivity index (χ2n) is 4.35. The van der Waals surface area contributed by atoms with E-state index in [1.54, 1.807) is 0 Å². The topological polar surface area (TPSA) is 32.3 Å². The van der Waals surface area contributed by atoms with Gasteiger partial charge in [-0.05, 0) is 19.1 Å². The molecule has 0 spiro atoms. The van der Waals surface area contributed by atoms with Gasteiger partial charge in [-0.2, -0.15) is 0 Å². The molecule has 0 radical (unpaired) electrons. The molecule has 0 saturated carbocycles. The van der Waals surface area contributed by atoms with Gasteiger partial charge in [0.1, 0.15) is 17.2 Å². The first kappa shape index (κ1) is 13.4. The van der Waals surface area contributed by atoms with Gasteiger partial charge in [0.15, 0.2) is 0 Å². The number of rotatable bonds is 1. The first-order chi connectivity index (χ1) is 8.49. The molecule has 1 saturated heterocycles. The van der Waals surface area contributed by atoms with Crippen molar-refractivity contribution in [3.63, 3.8) is 0 Å². The number of halogens is 3. The molecule has 0 bridgehead atoms. The van der Waals surface area contributed by atoms with Crippen molar-refractivity contribution in [1.82, 2.24) is 10.2 Å². The highest BCUT2D eigenvalue weighted by atomic mass is 79.9. The summed E-state index contributed by atoms with van der Waals surface area (Å²) in [5.74, 6) is -2.26. The van der Waals surface area contributed by atoms with Crippen LogP contribution >= 0.6 is 15.9 Å². The lowest BCUT2D eigenvalue weighted by atomic mass is 10.1. The van der Waals surface area contributed by atoms with Crippen molar-refractivity contribution in [1.29, 1.82) is 0 Å². The van der Waals surface area contributed by atoms with E-state index < -0.39 is 23.1 Å². The molecule has 1 atom stereocenters. The number of nitrogens with zero attached hydrogens (tertiary/aromatic N) is 1. The lowest BCUT2D eigenvalue weighted by Gasteiger charge is -2.32. The molecule has 1 fully saturated rings. The van der Waals surface area contributed by atoms with Crippen LogP contribution in [-0.4, -0.2) is 36.5 Å². The Kier molecular flexibility index (Phi) is 3.97. The van der Waals surface area contributed by atoms with E-state index >= 15 is 0 Å². The van der Waals surface area contributed by atoms with Crippen LogP contribution in [0.5, 0.6) is 0 Å². The maximum Gasteiger partial charge on any atom is 0.259 e. The van der Waals surface area contributed by atoms with Gasteiger partial charge in [-0.3, -0.25) is 4.79 Å². The van der Waals surface area contributed by atoms with Crippen LogP contribution in [0.25, 0.3) is 0 Å². The van der Waals surface area contributed by atoms with Crippen LogP contribution in [-0.2, 0) is 0 Å². The summed E-state index contributed by atoms with van der Waals surface area (Å²) in [5.41, 5.74) is -0.479. The monoisotopic (exact) mass is 318 g/mol. The van der Waals surface area contributed by atoms with Crippen molar-refractivity contribution >= 4 is 21.8 Å². The molecule has 3 nitrogen and oxygen atoms in total. The highest BCUT2D eigenvalue weighted by Gasteiger charge is 2.26. The molecular formula is C12H13BrF2N2O. The Bertz CT molecular complexity index is 458. The van der Waals surface area contributed by atoms with E-state index in [9.17, 15) is 13.6 Å². The maximum atomic E-state index is 13.7. The number of benzene rings is 1. The van der Waals surface area contributed by atoms with Gasteiger partial charge in [-0.25, -0.2) is 8.78 Å². The number of carbonyl (C=O) groups excluding carboxylic acids is 1. The lowest BCUT2D eigenvalue weighted by Crippen LogP contribution is -2.51. The Labute approximate surface area is 112 Å². The van der Waals surface area contributed by atoms with Crippen molar-refractivity contribution in [2.75, 3.05) is 19.6 Å². The summed E-state index contributed by atoms with van der Waals surface area (Å²) < 4.78 is 27.6. The SMILES string of the molecule is CC1CN(C(=O)c2c(F)cc(Br)cc2F)CCN1. The van der Waals surface area contributed by atoms with Crippen LogP contribution in [0.1, 0.15) is 17.3 Å². The summed E-state index contributed by atoms with van der Waals surface area (Å²) in [4.78, 5) is 13.6. The van der Waals surface area contributed by atoms with Gasteiger partial charge in [0, 0.05) is 30.1 Å². The predicted octanol–water partition coefficient (Wildman–Crippen LogP) is 2.16. The molecule has 1 unspecified atom stereocenters. The van der Waals surface area contributed by atoms with Gasteiger partial charge < -0.3 is 10.2 Å². The highest BCUT2D eigenvalue weighted by molar-refractivity contribution is 9.10. The summed E-state index contributed by atoms with van der Waals surface area (Å²) in [6.45, 7) is 3.46. The van der Waals surface area contributed by atoms with Gasteiger partial charge >= 0.3 is 0 Å². The zero-order valence-corrected chi connectivity index (χ0v) is 11.4. The van der Waals surface area contributed by atoms with Crippen molar-refractivity contribution < 1.29 is 13.6 Å². The smallest absolute Gasteiger partial charge is 0.259 e. The minimum atomic E-state index is -0.835. The average Bonchev–Trinajstić information content (AvgIpc) is 2.27. The molecule has 1 aliphatic heterocycles. The van der Waals surface area contributed by atoms with E-state index in [0.29, 0.717) is 19.6 Å². The van der Waals surface area contributed by atoms with Crippen molar-refractivity contribution in [2.45, 2.75) is 13.0 Å². The maximum absolute atomic E-state index is 13.7. The molecule has 6 heteroatoms. The molecular weight excluding hydrogens is 306 g/mol. The van der Waals surface area contributed by atoms with Gasteiger partial charge in [0.05, 0.1) is 0 Å². The normalized spacial score (nSPS) is 20.0. The van der Waals surface area contributed by atoms with Crippen molar-refractivity contribution in [3.05, 3.63) is 33.8 Å². The molecule has 1 N–H and O–H groups in total. The van der Waals surface area contributed by atoms with E-state index in [2.05, 4.69) is 21.2 Å².